The van der Waals surface area contributed by atoms with E-state index in [0.29, 0.717) is 12.8 Å². The number of benzene rings is 1. The molecule has 6 nitrogen and oxygen atoms in total. The van der Waals surface area contributed by atoms with E-state index < -0.39 is 27.7 Å². The smallest absolute Gasteiger partial charge is 0.245 e. The van der Waals surface area contributed by atoms with Crippen LogP contribution < -0.4 is 11.5 Å². The lowest BCUT2D eigenvalue weighted by Gasteiger charge is -2.35. The third-order valence-corrected chi connectivity index (χ3v) is 5.83. The SMILES string of the molecule is CC1CCC(C(N)=O)CN1S(=O)(=O)c1cc(F)ccc1N. The average molecular weight is 315 g/mol. The molecule has 2 unspecified atom stereocenters. The third-order valence-electron chi connectivity index (χ3n) is 3.79. The first-order valence-corrected chi connectivity index (χ1v) is 8.03. The number of nitrogen functional groups attached to an aromatic ring is 1. The van der Waals surface area contributed by atoms with Crippen molar-refractivity contribution in [2.45, 2.75) is 30.7 Å². The second kappa shape index (κ2) is 5.61. The molecule has 2 atom stereocenters. The summed E-state index contributed by atoms with van der Waals surface area (Å²) >= 11 is 0. The van der Waals surface area contributed by atoms with Crippen LogP contribution in [0, 0.1) is 11.7 Å². The van der Waals surface area contributed by atoms with Gasteiger partial charge in [-0.05, 0) is 38.0 Å². The van der Waals surface area contributed by atoms with Gasteiger partial charge in [0, 0.05) is 12.6 Å². The molecule has 4 N–H and O–H groups in total. The number of halogens is 1. The summed E-state index contributed by atoms with van der Waals surface area (Å²) in [6.45, 7) is 1.74. The van der Waals surface area contributed by atoms with Gasteiger partial charge in [-0.15, -0.1) is 0 Å². The van der Waals surface area contributed by atoms with Gasteiger partial charge in [-0.25, -0.2) is 12.8 Å². The Bertz CT molecular complexity index is 663. The molecule has 1 aliphatic heterocycles. The Hall–Kier alpha value is -1.67. The van der Waals surface area contributed by atoms with Gasteiger partial charge < -0.3 is 11.5 Å². The minimum Gasteiger partial charge on any atom is -0.398 e. The number of primary amides is 1. The maximum atomic E-state index is 13.3. The summed E-state index contributed by atoms with van der Waals surface area (Å²) in [5.74, 6) is -1.75. The van der Waals surface area contributed by atoms with Crippen LogP contribution in [-0.4, -0.2) is 31.2 Å². The molecule has 1 heterocycles. The van der Waals surface area contributed by atoms with Crippen LogP contribution in [0.1, 0.15) is 19.8 Å². The van der Waals surface area contributed by atoms with Gasteiger partial charge in [0.1, 0.15) is 10.7 Å². The van der Waals surface area contributed by atoms with E-state index in [1.807, 2.05) is 0 Å². The van der Waals surface area contributed by atoms with Crippen LogP contribution in [0.2, 0.25) is 0 Å². The predicted molar refractivity (Wildman–Crippen MR) is 76.1 cm³/mol. The highest BCUT2D eigenvalue weighted by atomic mass is 32.2. The summed E-state index contributed by atoms with van der Waals surface area (Å²) in [5.41, 5.74) is 10.9. The lowest BCUT2D eigenvalue weighted by Crippen LogP contribution is -2.48. The number of hydrogen-bond donors (Lipinski definition) is 2. The molecule has 0 bridgehead atoms. The topological polar surface area (TPSA) is 106 Å². The Labute approximate surface area is 123 Å². The molecule has 1 saturated heterocycles. The lowest BCUT2D eigenvalue weighted by atomic mass is 9.95. The molecule has 1 aromatic rings. The van der Waals surface area contributed by atoms with E-state index in [0.717, 1.165) is 12.1 Å². The van der Waals surface area contributed by atoms with Crippen molar-refractivity contribution in [3.05, 3.63) is 24.0 Å². The summed E-state index contributed by atoms with van der Waals surface area (Å²) in [4.78, 5) is 11.0. The van der Waals surface area contributed by atoms with E-state index in [1.165, 1.54) is 10.4 Å². The van der Waals surface area contributed by atoms with E-state index >= 15 is 0 Å². The molecule has 2 rings (SSSR count). The molecule has 0 aliphatic carbocycles. The molecule has 8 heteroatoms. The third kappa shape index (κ3) is 3.01. The van der Waals surface area contributed by atoms with Crippen LogP contribution in [0.4, 0.5) is 10.1 Å². The molecule has 1 aliphatic rings. The van der Waals surface area contributed by atoms with Gasteiger partial charge >= 0.3 is 0 Å². The van der Waals surface area contributed by atoms with Crippen molar-refractivity contribution in [2.75, 3.05) is 12.3 Å². The number of carbonyl (C=O) groups excluding carboxylic acids is 1. The van der Waals surface area contributed by atoms with Gasteiger partial charge in [-0.3, -0.25) is 4.79 Å². The molecule has 1 amide bonds. The largest absolute Gasteiger partial charge is 0.398 e. The van der Waals surface area contributed by atoms with Gasteiger partial charge in [0.05, 0.1) is 11.6 Å². The fraction of sp³-hybridized carbons (Fsp3) is 0.462. The fourth-order valence-corrected chi connectivity index (χ4v) is 4.34. The van der Waals surface area contributed by atoms with Crippen molar-refractivity contribution in [3.63, 3.8) is 0 Å². The molecule has 0 spiro atoms. The maximum absolute atomic E-state index is 13.3. The van der Waals surface area contributed by atoms with Crippen LogP contribution in [0.5, 0.6) is 0 Å². The number of carbonyl (C=O) groups is 1. The normalized spacial score (nSPS) is 23.9. The number of nitrogens with two attached hydrogens (primary N) is 2. The summed E-state index contributed by atoms with van der Waals surface area (Å²) in [5, 5.41) is 0. The van der Waals surface area contributed by atoms with E-state index in [-0.39, 0.29) is 23.2 Å². The molecule has 1 aromatic carbocycles. The maximum Gasteiger partial charge on any atom is 0.245 e. The number of anilines is 1. The Morgan fingerprint density at radius 1 is 1.38 bits per heavy atom. The van der Waals surface area contributed by atoms with E-state index in [2.05, 4.69) is 0 Å². The number of sulfonamides is 1. The van der Waals surface area contributed by atoms with Crippen molar-refractivity contribution in [2.24, 2.45) is 11.7 Å². The van der Waals surface area contributed by atoms with Crippen LogP contribution >= 0.6 is 0 Å². The van der Waals surface area contributed by atoms with Crippen molar-refractivity contribution >= 4 is 21.6 Å². The minimum absolute atomic E-state index is 0.00517. The summed E-state index contributed by atoms with van der Waals surface area (Å²) in [6.07, 6.45) is 1.06. The number of amides is 1. The standard InChI is InChI=1S/C13H18FN3O3S/c1-8-2-3-9(13(16)18)7-17(8)21(19,20)12-6-10(14)4-5-11(12)15/h4-6,8-9H,2-3,7,15H2,1H3,(H2,16,18). The van der Waals surface area contributed by atoms with Crippen molar-refractivity contribution in [1.29, 1.82) is 0 Å². The lowest BCUT2D eigenvalue weighted by molar-refractivity contribution is -0.123. The van der Waals surface area contributed by atoms with Crippen molar-refractivity contribution in [1.82, 2.24) is 4.31 Å². The Morgan fingerprint density at radius 2 is 2.05 bits per heavy atom. The summed E-state index contributed by atoms with van der Waals surface area (Å²) in [7, 11) is -3.97. The number of nitrogens with zero attached hydrogens (tertiary/aromatic N) is 1. The van der Waals surface area contributed by atoms with Crippen molar-refractivity contribution in [3.8, 4) is 0 Å². The Balaban J connectivity index is 2.42. The van der Waals surface area contributed by atoms with Crippen LogP contribution in [0.25, 0.3) is 0 Å². The zero-order chi connectivity index (χ0) is 15.8. The summed E-state index contributed by atoms with van der Waals surface area (Å²) in [6, 6.07) is 2.90. The Kier molecular flexibility index (Phi) is 4.20. The van der Waals surface area contributed by atoms with Gasteiger partial charge in [0.2, 0.25) is 15.9 Å². The van der Waals surface area contributed by atoms with Gasteiger partial charge in [0.15, 0.2) is 0 Å². The first-order valence-electron chi connectivity index (χ1n) is 6.59. The summed E-state index contributed by atoms with van der Waals surface area (Å²) < 4.78 is 39.8. The minimum atomic E-state index is -3.97. The molecular weight excluding hydrogens is 297 g/mol. The highest BCUT2D eigenvalue weighted by Crippen LogP contribution is 2.30. The van der Waals surface area contributed by atoms with Crippen LogP contribution in [0.3, 0.4) is 0 Å². The second-order valence-electron chi connectivity index (χ2n) is 5.28. The molecule has 116 valence electrons. The zero-order valence-corrected chi connectivity index (χ0v) is 12.4. The molecule has 0 radical (unpaired) electrons. The first kappa shape index (κ1) is 15.7. The number of rotatable bonds is 3. The number of hydrogen-bond acceptors (Lipinski definition) is 4. The molecule has 1 fully saturated rings. The van der Waals surface area contributed by atoms with Crippen molar-refractivity contribution < 1.29 is 17.6 Å². The quantitative estimate of drug-likeness (QED) is 0.800. The highest BCUT2D eigenvalue weighted by Gasteiger charge is 2.37. The fourth-order valence-electron chi connectivity index (χ4n) is 2.50. The van der Waals surface area contributed by atoms with E-state index in [1.54, 1.807) is 6.92 Å². The van der Waals surface area contributed by atoms with Gasteiger partial charge in [-0.1, -0.05) is 0 Å². The van der Waals surface area contributed by atoms with E-state index in [9.17, 15) is 17.6 Å². The molecular formula is C13H18FN3O3S. The first-order chi connectivity index (χ1) is 9.73. The van der Waals surface area contributed by atoms with Crippen LogP contribution in [0.15, 0.2) is 23.1 Å². The van der Waals surface area contributed by atoms with Gasteiger partial charge in [-0.2, -0.15) is 4.31 Å². The molecule has 21 heavy (non-hydrogen) atoms. The molecule has 0 saturated carbocycles. The zero-order valence-electron chi connectivity index (χ0n) is 11.6. The molecule has 0 aromatic heterocycles. The predicted octanol–water partition coefficient (Wildman–Crippen LogP) is 0.682. The van der Waals surface area contributed by atoms with Crippen LogP contribution in [-0.2, 0) is 14.8 Å². The monoisotopic (exact) mass is 315 g/mol. The highest BCUT2D eigenvalue weighted by molar-refractivity contribution is 7.89. The average Bonchev–Trinajstić information content (AvgIpc) is 2.41. The second-order valence-corrected chi connectivity index (χ2v) is 7.14. The van der Waals surface area contributed by atoms with E-state index in [4.69, 9.17) is 11.5 Å². The Morgan fingerprint density at radius 3 is 2.67 bits per heavy atom. The van der Waals surface area contributed by atoms with Gasteiger partial charge in [0.25, 0.3) is 0 Å². The number of piperidine rings is 1.